The lowest BCUT2D eigenvalue weighted by Gasteiger charge is -2.13. The lowest BCUT2D eigenvalue weighted by molar-refractivity contribution is -0.139. The SMILES string of the molecule is CCOc1cc(/C=N\NC(=O)C(=O)NC2CC2)cc(Br)c1OCC. The van der Waals surface area contributed by atoms with E-state index in [2.05, 4.69) is 31.8 Å². The second-order valence-corrected chi connectivity index (χ2v) is 6.00. The molecule has 0 atom stereocenters. The lowest BCUT2D eigenvalue weighted by Crippen LogP contribution is -2.38. The van der Waals surface area contributed by atoms with Crippen molar-refractivity contribution in [3.63, 3.8) is 0 Å². The summed E-state index contributed by atoms with van der Waals surface area (Å²) in [6.45, 7) is 4.77. The Morgan fingerprint density at radius 1 is 1.25 bits per heavy atom. The molecule has 1 saturated carbocycles. The van der Waals surface area contributed by atoms with Crippen LogP contribution in [-0.4, -0.2) is 37.3 Å². The Bertz CT molecular complexity index is 644. The molecule has 0 radical (unpaired) electrons. The second kappa shape index (κ2) is 8.68. The van der Waals surface area contributed by atoms with Gasteiger partial charge in [0, 0.05) is 6.04 Å². The summed E-state index contributed by atoms with van der Waals surface area (Å²) in [6.07, 6.45) is 3.27. The molecule has 0 spiro atoms. The molecule has 1 fully saturated rings. The summed E-state index contributed by atoms with van der Waals surface area (Å²) in [5, 5.41) is 6.40. The highest BCUT2D eigenvalue weighted by Gasteiger charge is 2.26. The highest BCUT2D eigenvalue weighted by molar-refractivity contribution is 9.10. The van der Waals surface area contributed by atoms with Gasteiger partial charge in [-0.2, -0.15) is 5.10 Å². The van der Waals surface area contributed by atoms with Crippen molar-refractivity contribution in [3.8, 4) is 11.5 Å². The van der Waals surface area contributed by atoms with Crippen LogP contribution < -0.4 is 20.2 Å². The molecule has 2 rings (SSSR count). The first kappa shape index (κ1) is 18.3. The van der Waals surface area contributed by atoms with Gasteiger partial charge in [0.15, 0.2) is 11.5 Å². The average Bonchev–Trinajstić information content (AvgIpc) is 3.35. The fraction of sp³-hybridized carbons (Fsp3) is 0.438. The van der Waals surface area contributed by atoms with Gasteiger partial charge in [0.25, 0.3) is 0 Å². The van der Waals surface area contributed by atoms with Gasteiger partial charge in [-0.1, -0.05) is 0 Å². The Balaban J connectivity index is 2.02. The zero-order valence-electron chi connectivity index (χ0n) is 13.6. The number of rotatable bonds is 7. The zero-order chi connectivity index (χ0) is 17.5. The summed E-state index contributed by atoms with van der Waals surface area (Å²) < 4.78 is 11.8. The number of halogens is 1. The average molecular weight is 398 g/mol. The number of carbonyl (C=O) groups is 2. The van der Waals surface area contributed by atoms with E-state index in [4.69, 9.17) is 9.47 Å². The normalized spacial score (nSPS) is 13.6. The molecule has 0 unspecified atom stereocenters. The molecular weight excluding hydrogens is 378 g/mol. The van der Waals surface area contributed by atoms with E-state index in [9.17, 15) is 9.59 Å². The standard InChI is InChI=1S/C16H20BrN3O4/c1-3-23-13-8-10(7-12(17)14(13)24-4-2)9-18-20-16(22)15(21)19-11-5-6-11/h7-9,11H,3-6H2,1-2H3,(H,19,21)(H,20,22)/b18-9-. The van der Waals surface area contributed by atoms with Gasteiger partial charge >= 0.3 is 11.8 Å². The summed E-state index contributed by atoms with van der Waals surface area (Å²) in [4.78, 5) is 23.1. The van der Waals surface area contributed by atoms with E-state index in [0.717, 1.165) is 17.3 Å². The number of amides is 2. The van der Waals surface area contributed by atoms with Gasteiger partial charge in [-0.25, -0.2) is 5.43 Å². The Morgan fingerprint density at radius 2 is 1.96 bits per heavy atom. The molecule has 0 bridgehead atoms. The van der Waals surface area contributed by atoms with E-state index in [1.54, 1.807) is 12.1 Å². The van der Waals surface area contributed by atoms with Crippen LogP contribution in [0.4, 0.5) is 0 Å². The number of hydrazone groups is 1. The molecule has 8 heteroatoms. The van der Waals surface area contributed by atoms with Crippen LogP contribution in [0.1, 0.15) is 32.3 Å². The van der Waals surface area contributed by atoms with Crippen molar-refractivity contribution in [2.75, 3.05) is 13.2 Å². The quantitative estimate of drug-likeness (QED) is 0.418. The predicted octanol–water partition coefficient (Wildman–Crippen LogP) is 1.98. The van der Waals surface area contributed by atoms with Crippen LogP contribution in [0.5, 0.6) is 11.5 Å². The maximum Gasteiger partial charge on any atom is 0.329 e. The summed E-state index contributed by atoms with van der Waals surface area (Å²) >= 11 is 3.43. The predicted molar refractivity (Wildman–Crippen MR) is 93.4 cm³/mol. The van der Waals surface area contributed by atoms with Gasteiger partial charge in [-0.15, -0.1) is 0 Å². The molecular formula is C16H20BrN3O4. The first-order valence-corrected chi connectivity index (χ1v) is 8.57. The van der Waals surface area contributed by atoms with Crippen molar-refractivity contribution >= 4 is 34.0 Å². The molecule has 1 aliphatic carbocycles. The molecule has 0 aliphatic heterocycles. The summed E-state index contributed by atoms with van der Waals surface area (Å²) in [6, 6.07) is 3.66. The highest BCUT2D eigenvalue weighted by Crippen LogP contribution is 2.36. The number of nitrogens with one attached hydrogen (secondary N) is 2. The number of benzene rings is 1. The number of ether oxygens (including phenoxy) is 2. The maximum absolute atomic E-state index is 11.6. The Kier molecular flexibility index (Phi) is 6.60. The van der Waals surface area contributed by atoms with E-state index in [1.165, 1.54) is 6.21 Å². The fourth-order valence-corrected chi connectivity index (χ4v) is 2.48. The smallest absolute Gasteiger partial charge is 0.329 e. The minimum atomic E-state index is -0.784. The van der Waals surface area contributed by atoms with Gasteiger partial charge in [-0.3, -0.25) is 9.59 Å². The number of nitrogens with zero attached hydrogens (tertiary/aromatic N) is 1. The molecule has 0 saturated heterocycles. The van der Waals surface area contributed by atoms with Gasteiger partial charge in [0.1, 0.15) is 0 Å². The maximum atomic E-state index is 11.6. The van der Waals surface area contributed by atoms with Crippen LogP contribution in [0, 0.1) is 0 Å². The van der Waals surface area contributed by atoms with E-state index in [1.807, 2.05) is 13.8 Å². The minimum Gasteiger partial charge on any atom is -0.490 e. The molecule has 24 heavy (non-hydrogen) atoms. The van der Waals surface area contributed by atoms with Gasteiger partial charge in [-0.05, 0) is 60.3 Å². The lowest BCUT2D eigenvalue weighted by atomic mass is 10.2. The molecule has 0 heterocycles. The zero-order valence-corrected chi connectivity index (χ0v) is 15.2. The highest BCUT2D eigenvalue weighted by atomic mass is 79.9. The van der Waals surface area contributed by atoms with Crippen molar-refractivity contribution in [1.29, 1.82) is 0 Å². The van der Waals surface area contributed by atoms with E-state index in [0.29, 0.717) is 30.3 Å². The molecule has 7 nitrogen and oxygen atoms in total. The van der Waals surface area contributed by atoms with Crippen LogP contribution in [0.25, 0.3) is 0 Å². The van der Waals surface area contributed by atoms with Crippen molar-refractivity contribution in [1.82, 2.24) is 10.7 Å². The topological polar surface area (TPSA) is 89.0 Å². The second-order valence-electron chi connectivity index (χ2n) is 5.14. The summed E-state index contributed by atoms with van der Waals surface area (Å²) in [5.74, 6) is -0.261. The molecule has 1 aromatic rings. The number of hydrogen-bond donors (Lipinski definition) is 2. The number of carbonyl (C=O) groups excluding carboxylic acids is 2. The summed E-state index contributed by atoms with van der Waals surface area (Å²) in [7, 11) is 0. The summed E-state index contributed by atoms with van der Waals surface area (Å²) in [5.41, 5.74) is 2.90. The molecule has 2 N–H and O–H groups in total. The molecule has 130 valence electrons. The first-order chi connectivity index (χ1) is 11.5. The Morgan fingerprint density at radius 3 is 2.58 bits per heavy atom. The van der Waals surface area contributed by atoms with Crippen LogP contribution in [0.2, 0.25) is 0 Å². The van der Waals surface area contributed by atoms with Gasteiger partial charge in [0.05, 0.1) is 23.9 Å². The fourth-order valence-electron chi connectivity index (χ4n) is 1.90. The van der Waals surface area contributed by atoms with Crippen LogP contribution in [0.15, 0.2) is 21.7 Å². The third-order valence-electron chi connectivity index (χ3n) is 3.12. The van der Waals surface area contributed by atoms with E-state index in [-0.39, 0.29) is 6.04 Å². The molecule has 0 aromatic heterocycles. The van der Waals surface area contributed by atoms with Gasteiger partial charge < -0.3 is 14.8 Å². The first-order valence-electron chi connectivity index (χ1n) is 7.78. The van der Waals surface area contributed by atoms with Crippen molar-refractivity contribution in [2.45, 2.75) is 32.7 Å². The van der Waals surface area contributed by atoms with Crippen LogP contribution in [-0.2, 0) is 9.59 Å². The molecule has 1 aliphatic rings. The van der Waals surface area contributed by atoms with Crippen LogP contribution >= 0.6 is 15.9 Å². The van der Waals surface area contributed by atoms with E-state index < -0.39 is 11.8 Å². The minimum absolute atomic E-state index is 0.128. The Hall–Kier alpha value is -2.09. The third-order valence-corrected chi connectivity index (χ3v) is 3.71. The largest absolute Gasteiger partial charge is 0.490 e. The number of hydrogen-bond acceptors (Lipinski definition) is 5. The van der Waals surface area contributed by atoms with Gasteiger partial charge in [0.2, 0.25) is 0 Å². The van der Waals surface area contributed by atoms with E-state index >= 15 is 0 Å². The van der Waals surface area contributed by atoms with Crippen molar-refractivity contribution in [2.24, 2.45) is 5.10 Å². The molecule has 1 aromatic carbocycles. The van der Waals surface area contributed by atoms with Crippen molar-refractivity contribution < 1.29 is 19.1 Å². The van der Waals surface area contributed by atoms with Crippen molar-refractivity contribution in [3.05, 3.63) is 22.2 Å². The molecule has 2 amide bonds. The van der Waals surface area contributed by atoms with Crippen LogP contribution in [0.3, 0.4) is 0 Å². The monoisotopic (exact) mass is 397 g/mol. The Labute approximate surface area is 148 Å². The third kappa shape index (κ3) is 5.23.